The van der Waals surface area contributed by atoms with E-state index in [9.17, 15) is 26.8 Å². The van der Waals surface area contributed by atoms with Crippen molar-refractivity contribution in [2.24, 2.45) is 4.40 Å². The molecule has 0 saturated carbocycles. The molecule has 3 rings (SSSR count). The van der Waals surface area contributed by atoms with Crippen molar-refractivity contribution in [3.05, 3.63) is 48.2 Å². The molecule has 0 aliphatic carbocycles. The number of amidine groups is 1. The number of sulfonamides is 1. The highest BCUT2D eigenvalue weighted by atomic mass is 32.2. The number of hydrogen-bond donors (Lipinski definition) is 1. The van der Waals surface area contributed by atoms with Crippen LogP contribution in [0.3, 0.4) is 0 Å². The van der Waals surface area contributed by atoms with E-state index in [2.05, 4.69) is 9.71 Å². The molecule has 2 aliphatic heterocycles. The largest absolute Gasteiger partial charge is 0.452 e. The van der Waals surface area contributed by atoms with E-state index in [4.69, 9.17) is 4.74 Å². The van der Waals surface area contributed by atoms with Crippen molar-refractivity contribution in [1.82, 2.24) is 4.90 Å². The number of ether oxygens (including phenoxy) is 1. The van der Waals surface area contributed by atoms with Gasteiger partial charge in [0.1, 0.15) is 5.84 Å². The summed E-state index contributed by atoms with van der Waals surface area (Å²) < 4.78 is 56.1. The maximum atomic E-state index is 12.3. The third kappa shape index (κ3) is 5.87. The predicted molar refractivity (Wildman–Crippen MR) is 103 cm³/mol. The molecule has 0 fully saturated rings. The third-order valence-corrected chi connectivity index (χ3v) is 5.64. The SMILES string of the molecule is O=C(COC(=O)C1=CN2CCS(=O)(=O)N=C2C=C1)Nc1ccc(SC(F)F)cc1. The first-order chi connectivity index (χ1) is 13.7. The van der Waals surface area contributed by atoms with E-state index < -0.39 is 34.3 Å². The van der Waals surface area contributed by atoms with Crippen LogP contribution >= 0.6 is 11.8 Å². The van der Waals surface area contributed by atoms with Crippen LogP contribution in [0.25, 0.3) is 0 Å². The van der Waals surface area contributed by atoms with Crippen molar-refractivity contribution >= 4 is 45.2 Å². The number of nitrogens with one attached hydrogen (secondary N) is 1. The van der Waals surface area contributed by atoms with Crippen LogP contribution in [0.2, 0.25) is 0 Å². The van der Waals surface area contributed by atoms with Gasteiger partial charge in [-0.15, -0.1) is 4.40 Å². The van der Waals surface area contributed by atoms with Gasteiger partial charge in [-0.1, -0.05) is 11.8 Å². The molecule has 0 radical (unpaired) electrons. The van der Waals surface area contributed by atoms with Crippen molar-refractivity contribution in [3.8, 4) is 0 Å². The van der Waals surface area contributed by atoms with Crippen molar-refractivity contribution in [3.63, 3.8) is 0 Å². The molecule has 1 N–H and O–H groups in total. The number of esters is 1. The average molecular weight is 443 g/mol. The Hall–Kier alpha value is -2.73. The Balaban J connectivity index is 1.51. The molecule has 2 aliphatic rings. The van der Waals surface area contributed by atoms with Crippen molar-refractivity contribution in [1.29, 1.82) is 0 Å². The van der Waals surface area contributed by atoms with Crippen LogP contribution in [0, 0.1) is 0 Å². The van der Waals surface area contributed by atoms with Crippen LogP contribution in [0.5, 0.6) is 0 Å². The second-order valence-electron chi connectivity index (χ2n) is 5.87. The van der Waals surface area contributed by atoms with Gasteiger partial charge in [0.15, 0.2) is 6.61 Å². The first-order valence-electron chi connectivity index (χ1n) is 8.23. The van der Waals surface area contributed by atoms with Crippen molar-refractivity contribution in [2.45, 2.75) is 10.7 Å². The predicted octanol–water partition coefficient (Wildman–Crippen LogP) is 1.98. The minimum Gasteiger partial charge on any atom is -0.452 e. The van der Waals surface area contributed by atoms with Crippen LogP contribution in [0.15, 0.2) is 57.5 Å². The van der Waals surface area contributed by atoms with Gasteiger partial charge in [0.2, 0.25) is 0 Å². The molecule has 0 spiro atoms. The molecule has 1 aromatic rings. The van der Waals surface area contributed by atoms with Gasteiger partial charge in [0.25, 0.3) is 21.7 Å². The van der Waals surface area contributed by atoms with Crippen LogP contribution in [0.1, 0.15) is 0 Å². The van der Waals surface area contributed by atoms with E-state index in [-0.39, 0.29) is 23.7 Å². The maximum Gasteiger partial charge on any atom is 0.340 e. The third-order valence-electron chi connectivity index (χ3n) is 3.76. The van der Waals surface area contributed by atoms with Gasteiger partial charge in [0.05, 0.1) is 11.3 Å². The number of benzene rings is 1. The average Bonchev–Trinajstić information content (AvgIpc) is 2.66. The number of anilines is 1. The number of hydrogen-bond acceptors (Lipinski definition) is 7. The lowest BCUT2D eigenvalue weighted by molar-refractivity contribution is -0.143. The number of carbonyl (C=O) groups excluding carboxylic acids is 2. The monoisotopic (exact) mass is 443 g/mol. The smallest absolute Gasteiger partial charge is 0.340 e. The Morgan fingerprint density at radius 3 is 2.66 bits per heavy atom. The minimum absolute atomic E-state index is 0.143. The number of thioether (sulfide) groups is 1. The van der Waals surface area contributed by atoms with E-state index in [1.165, 1.54) is 47.5 Å². The number of carbonyl (C=O) groups is 2. The van der Waals surface area contributed by atoms with Gasteiger partial charge in [-0.05, 0) is 36.4 Å². The van der Waals surface area contributed by atoms with Crippen LogP contribution in [-0.2, 0) is 24.3 Å². The molecular weight excluding hydrogens is 428 g/mol. The molecule has 29 heavy (non-hydrogen) atoms. The Morgan fingerprint density at radius 2 is 1.97 bits per heavy atom. The Kier molecular flexibility index (Phi) is 6.33. The lowest BCUT2D eigenvalue weighted by atomic mass is 10.2. The van der Waals surface area contributed by atoms with Gasteiger partial charge in [-0.25, -0.2) is 13.2 Å². The molecule has 2 heterocycles. The number of halogens is 2. The molecule has 1 aromatic carbocycles. The zero-order valence-electron chi connectivity index (χ0n) is 14.7. The summed E-state index contributed by atoms with van der Waals surface area (Å²) in [5.74, 6) is -3.85. The normalized spacial score (nSPS) is 17.3. The van der Waals surface area contributed by atoms with Crippen LogP contribution in [0.4, 0.5) is 14.5 Å². The Morgan fingerprint density at radius 1 is 1.24 bits per heavy atom. The number of fused-ring (bicyclic) bond motifs is 1. The molecule has 0 bridgehead atoms. The highest BCUT2D eigenvalue weighted by Gasteiger charge is 2.25. The van der Waals surface area contributed by atoms with E-state index in [1.807, 2.05) is 0 Å². The minimum atomic E-state index is -3.49. The van der Waals surface area contributed by atoms with E-state index >= 15 is 0 Å². The number of alkyl halides is 2. The highest BCUT2D eigenvalue weighted by Crippen LogP contribution is 2.26. The number of nitrogens with zero attached hydrogens (tertiary/aromatic N) is 2. The fourth-order valence-corrected chi connectivity index (χ4v) is 3.92. The summed E-state index contributed by atoms with van der Waals surface area (Å²) in [5.41, 5.74) is 0.515. The fraction of sp³-hybridized carbons (Fsp3) is 0.235. The van der Waals surface area contributed by atoms with Gasteiger partial charge in [0, 0.05) is 23.3 Å². The van der Waals surface area contributed by atoms with Gasteiger partial charge in [-0.2, -0.15) is 8.78 Å². The van der Waals surface area contributed by atoms with Crippen LogP contribution in [-0.4, -0.2) is 55.7 Å². The molecule has 154 valence electrons. The lowest BCUT2D eigenvalue weighted by Gasteiger charge is -2.26. The molecule has 12 heteroatoms. The van der Waals surface area contributed by atoms with E-state index in [0.717, 1.165) is 0 Å². The summed E-state index contributed by atoms with van der Waals surface area (Å²) in [4.78, 5) is 25.9. The Labute approximate surface area is 169 Å². The second kappa shape index (κ2) is 8.74. The summed E-state index contributed by atoms with van der Waals surface area (Å²) in [7, 11) is -3.49. The molecule has 0 unspecified atom stereocenters. The molecule has 0 saturated heterocycles. The first-order valence-corrected chi connectivity index (χ1v) is 10.7. The molecule has 8 nitrogen and oxygen atoms in total. The van der Waals surface area contributed by atoms with Crippen molar-refractivity contribution < 1.29 is 31.5 Å². The molecular formula is C17H15F2N3O5S2. The van der Waals surface area contributed by atoms with Gasteiger partial charge in [-0.3, -0.25) is 4.79 Å². The van der Waals surface area contributed by atoms with Crippen LogP contribution < -0.4 is 5.32 Å². The summed E-state index contributed by atoms with van der Waals surface area (Å²) >= 11 is 0.390. The number of rotatable bonds is 6. The molecule has 0 aromatic heterocycles. The quantitative estimate of drug-likeness (QED) is 0.529. The van der Waals surface area contributed by atoms with Crippen molar-refractivity contribution in [2.75, 3.05) is 24.2 Å². The summed E-state index contributed by atoms with van der Waals surface area (Å²) in [5, 5.41) is 2.49. The zero-order valence-corrected chi connectivity index (χ0v) is 16.4. The lowest BCUT2D eigenvalue weighted by Crippen LogP contribution is -2.37. The molecule has 1 amide bonds. The number of amides is 1. The van der Waals surface area contributed by atoms with Gasteiger partial charge < -0.3 is 15.0 Å². The van der Waals surface area contributed by atoms with E-state index in [1.54, 1.807) is 0 Å². The summed E-state index contributed by atoms with van der Waals surface area (Å²) in [6.45, 7) is -0.393. The second-order valence-corrected chi connectivity index (χ2v) is 8.69. The highest BCUT2D eigenvalue weighted by molar-refractivity contribution is 7.99. The van der Waals surface area contributed by atoms with Gasteiger partial charge >= 0.3 is 5.97 Å². The first kappa shape index (κ1) is 21.0. The molecule has 0 atom stereocenters. The fourth-order valence-electron chi connectivity index (χ4n) is 2.45. The Bertz CT molecular complexity index is 1000. The summed E-state index contributed by atoms with van der Waals surface area (Å²) in [6.07, 6.45) is 4.15. The van der Waals surface area contributed by atoms with E-state index in [0.29, 0.717) is 22.3 Å². The topological polar surface area (TPSA) is 105 Å². The maximum absolute atomic E-state index is 12.3. The standard InChI is InChI=1S/C17H15F2N3O5S2/c18-17(19)28-13-4-2-12(3-5-13)20-15(23)10-27-16(24)11-1-6-14-21-29(25,26)8-7-22(14)9-11/h1-6,9,17H,7-8,10H2,(H,20,23). The summed E-state index contributed by atoms with van der Waals surface area (Å²) in [6, 6.07) is 5.80. The zero-order chi connectivity index (χ0) is 21.0.